The number of hydrogen-bond acceptors (Lipinski definition) is 2. The van der Waals surface area contributed by atoms with Crippen LogP contribution in [0.4, 0.5) is 0 Å². The number of fused-ring (bicyclic) bond motifs is 1. The fourth-order valence-corrected chi connectivity index (χ4v) is 3.40. The number of allylic oxidation sites excluding steroid dienone is 3. The predicted octanol–water partition coefficient (Wildman–Crippen LogP) is 4.30. The molecule has 0 saturated heterocycles. The summed E-state index contributed by atoms with van der Waals surface area (Å²) < 4.78 is 0. The Morgan fingerprint density at radius 3 is 2.25 bits per heavy atom. The Balaban J connectivity index is 1.91. The van der Waals surface area contributed by atoms with E-state index in [1.807, 2.05) is 48.7 Å². The van der Waals surface area contributed by atoms with Crippen molar-refractivity contribution in [3.8, 4) is 0 Å². The van der Waals surface area contributed by atoms with Gasteiger partial charge in [-0.2, -0.15) is 0 Å². The Hall–Kier alpha value is -2.71. The highest BCUT2D eigenvalue weighted by Gasteiger charge is 2.27. The smallest absolute Gasteiger partial charge is 0.0819 e. The van der Waals surface area contributed by atoms with E-state index in [-0.39, 0.29) is 6.04 Å². The number of hydrogen-bond donors (Lipinski definition) is 1. The fraction of sp³-hybridized carbons (Fsp3) is 0.136. The van der Waals surface area contributed by atoms with Gasteiger partial charge < -0.3 is 5.11 Å². The number of benzene rings is 2. The molecular weight excluding hydrogens is 294 g/mol. The van der Waals surface area contributed by atoms with Crippen LogP contribution in [-0.4, -0.2) is 23.5 Å². The minimum Gasteiger partial charge on any atom is -0.388 e. The van der Waals surface area contributed by atoms with E-state index in [4.69, 9.17) is 0 Å². The number of nitrogens with zero attached hydrogens (tertiary/aromatic N) is 1. The Bertz CT molecular complexity index is 844. The average molecular weight is 313 g/mol. The molecule has 2 nitrogen and oxygen atoms in total. The van der Waals surface area contributed by atoms with E-state index in [0.717, 1.165) is 22.3 Å². The first-order valence-electron chi connectivity index (χ1n) is 8.27. The highest BCUT2D eigenvalue weighted by atomic mass is 16.3. The van der Waals surface area contributed by atoms with Crippen LogP contribution in [0.15, 0.2) is 89.5 Å². The van der Waals surface area contributed by atoms with Crippen molar-refractivity contribution in [1.82, 2.24) is 0 Å². The molecule has 2 aliphatic rings. The first-order chi connectivity index (χ1) is 11.8. The maximum absolute atomic E-state index is 10.8. The monoisotopic (exact) mass is 313 g/mol. The molecule has 1 aliphatic heterocycles. The van der Waals surface area contributed by atoms with Crippen LogP contribution < -0.4 is 0 Å². The third-order valence-corrected chi connectivity index (χ3v) is 4.60. The first kappa shape index (κ1) is 14.9. The fourth-order valence-electron chi connectivity index (χ4n) is 3.40. The molecule has 1 heterocycles. The topological polar surface area (TPSA) is 32.6 Å². The quantitative estimate of drug-likeness (QED) is 0.881. The van der Waals surface area contributed by atoms with Crippen molar-refractivity contribution in [2.45, 2.75) is 18.6 Å². The van der Waals surface area contributed by atoms with E-state index < -0.39 is 6.10 Å². The van der Waals surface area contributed by atoms with E-state index >= 15 is 0 Å². The molecule has 24 heavy (non-hydrogen) atoms. The highest BCUT2D eigenvalue weighted by molar-refractivity contribution is 5.91. The van der Waals surface area contributed by atoms with Gasteiger partial charge in [-0.1, -0.05) is 66.7 Å². The zero-order chi connectivity index (χ0) is 16.4. The molecule has 0 spiro atoms. The lowest BCUT2D eigenvalue weighted by Crippen LogP contribution is -2.19. The standard InChI is InChI=1S/C22H19NO/c24-22-15-21-18(12-7-13-23-21)19(16-8-3-1-4-9-16)14-20(22)17-10-5-2-6-11-17/h1-14,21-22,24H,15H2. The summed E-state index contributed by atoms with van der Waals surface area (Å²) in [5.41, 5.74) is 5.49. The molecule has 2 unspecified atom stereocenters. The maximum atomic E-state index is 10.8. The molecule has 0 amide bonds. The molecule has 2 heteroatoms. The molecule has 0 bridgehead atoms. The molecule has 0 fully saturated rings. The predicted molar refractivity (Wildman–Crippen MR) is 99.8 cm³/mol. The minimum absolute atomic E-state index is 0.00216. The Kier molecular flexibility index (Phi) is 3.97. The second-order valence-corrected chi connectivity index (χ2v) is 6.13. The summed E-state index contributed by atoms with van der Waals surface area (Å²) in [6, 6.07) is 20.5. The zero-order valence-electron chi connectivity index (χ0n) is 13.3. The molecule has 0 aromatic heterocycles. The van der Waals surface area contributed by atoms with Gasteiger partial charge in [0.2, 0.25) is 0 Å². The minimum atomic E-state index is -0.530. The largest absolute Gasteiger partial charge is 0.388 e. The van der Waals surface area contributed by atoms with Crippen molar-refractivity contribution in [2.75, 3.05) is 0 Å². The summed E-state index contributed by atoms with van der Waals surface area (Å²) in [4.78, 5) is 4.60. The van der Waals surface area contributed by atoms with Crippen molar-refractivity contribution < 1.29 is 5.11 Å². The van der Waals surface area contributed by atoms with Gasteiger partial charge in [-0.05, 0) is 40.0 Å². The van der Waals surface area contributed by atoms with E-state index in [1.165, 1.54) is 5.57 Å². The molecule has 2 aromatic rings. The lowest BCUT2D eigenvalue weighted by Gasteiger charge is -2.19. The van der Waals surface area contributed by atoms with Crippen molar-refractivity contribution in [2.24, 2.45) is 4.99 Å². The van der Waals surface area contributed by atoms with Crippen LogP contribution in [0.5, 0.6) is 0 Å². The molecule has 1 aliphatic carbocycles. The lowest BCUT2D eigenvalue weighted by molar-refractivity contribution is 0.217. The zero-order valence-corrected chi connectivity index (χ0v) is 13.3. The van der Waals surface area contributed by atoms with Gasteiger partial charge in [0.1, 0.15) is 0 Å². The normalized spacial score (nSPS) is 22.8. The molecule has 1 N–H and O–H groups in total. The second-order valence-electron chi connectivity index (χ2n) is 6.13. The summed E-state index contributed by atoms with van der Waals surface area (Å²) in [5.74, 6) is 0. The second kappa shape index (κ2) is 6.42. The van der Waals surface area contributed by atoms with Gasteiger partial charge in [0.15, 0.2) is 0 Å². The van der Waals surface area contributed by atoms with Crippen LogP contribution in [-0.2, 0) is 0 Å². The average Bonchev–Trinajstić information content (AvgIpc) is 2.79. The van der Waals surface area contributed by atoms with Crippen LogP contribution in [0.3, 0.4) is 0 Å². The summed E-state index contributed by atoms with van der Waals surface area (Å²) in [6.45, 7) is 0. The van der Waals surface area contributed by atoms with Crippen LogP contribution >= 0.6 is 0 Å². The molecule has 118 valence electrons. The molecule has 2 aromatic carbocycles. The van der Waals surface area contributed by atoms with Crippen molar-refractivity contribution in [3.05, 3.63) is 95.6 Å². The SMILES string of the molecule is OC1CC2N=CC=CC2=C(c2ccccc2)C=C1c1ccccc1. The first-order valence-corrected chi connectivity index (χ1v) is 8.27. The third-order valence-electron chi connectivity index (χ3n) is 4.60. The molecule has 0 saturated carbocycles. The molecule has 2 atom stereocenters. The third kappa shape index (κ3) is 2.77. The van der Waals surface area contributed by atoms with E-state index in [2.05, 4.69) is 41.4 Å². The number of dihydropyridines is 1. The maximum Gasteiger partial charge on any atom is 0.0819 e. The van der Waals surface area contributed by atoms with Gasteiger partial charge in [-0.15, -0.1) is 0 Å². The van der Waals surface area contributed by atoms with Crippen LogP contribution in [0.25, 0.3) is 11.1 Å². The Labute approximate surface area is 142 Å². The Morgan fingerprint density at radius 2 is 1.54 bits per heavy atom. The summed E-state index contributed by atoms with van der Waals surface area (Å²) >= 11 is 0. The van der Waals surface area contributed by atoms with Gasteiger partial charge in [0, 0.05) is 12.6 Å². The van der Waals surface area contributed by atoms with Crippen molar-refractivity contribution >= 4 is 17.4 Å². The summed E-state index contributed by atoms with van der Waals surface area (Å²) in [7, 11) is 0. The van der Waals surface area contributed by atoms with E-state index in [1.54, 1.807) is 0 Å². The molecular formula is C22H19NO. The van der Waals surface area contributed by atoms with Gasteiger partial charge in [-0.25, -0.2) is 0 Å². The van der Waals surface area contributed by atoms with Crippen molar-refractivity contribution in [1.29, 1.82) is 0 Å². The van der Waals surface area contributed by atoms with Gasteiger partial charge in [-0.3, -0.25) is 4.99 Å². The molecule has 4 rings (SSSR count). The molecule has 0 radical (unpaired) electrons. The van der Waals surface area contributed by atoms with Crippen molar-refractivity contribution in [3.63, 3.8) is 0 Å². The van der Waals surface area contributed by atoms with Gasteiger partial charge in [0.05, 0.1) is 12.1 Å². The number of aliphatic imine (C=N–C) groups is 1. The van der Waals surface area contributed by atoms with Crippen LogP contribution in [0, 0.1) is 0 Å². The number of rotatable bonds is 2. The van der Waals surface area contributed by atoms with E-state index in [9.17, 15) is 5.11 Å². The number of aliphatic hydroxyl groups excluding tert-OH is 1. The highest BCUT2D eigenvalue weighted by Crippen LogP contribution is 2.36. The van der Waals surface area contributed by atoms with Gasteiger partial charge >= 0.3 is 0 Å². The van der Waals surface area contributed by atoms with Gasteiger partial charge in [0.25, 0.3) is 0 Å². The van der Waals surface area contributed by atoms with Crippen LogP contribution in [0.1, 0.15) is 17.5 Å². The van der Waals surface area contributed by atoms with E-state index in [0.29, 0.717) is 6.42 Å². The van der Waals surface area contributed by atoms with Crippen LogP contribution in [0.2, 0.25) is 0 Å². The number of aliphatic hydroxyl groups is 1. The summed E-state index contributed by atoms with van der Waals surface area (Å²) in [5, 5.41) is 10.8. The Morgan fingerprint density at radius 1 is 0.875 bits per heavy atom. The summed E-state index contributed by atoms with van der Waals surface area (Å²) in [6.07, 6.45) is 8.14. The lowest BCUT2D eigenvalue weighted by atomic mass is 9.93.